The molecule has 1 N–H and O–H groups in total. The van der Waals surface area contributed by atoms with E-state index in [0.29, 0.717) is 6.04 Å². The van der Waals surface area contributed by atoms with E-state index >= 15 is 0 Å². The lowest BCUT2D eigenvalue weighted by Crippen LogP contribution is -2.46. The molecule has 8 heteroatoms. The van der Waals surface area contributed by atoms with Crippen molar-refractivity contribution in [1.82, 2.24) is 20.1 Å². The zero-order valence-corrected chi connectivity index (χ0v) is 14.9. The van der Waals surface area contributed by atoms with Gasteiger partial charge >= 0.3 is 5.97 Å². The Labute approximate surface area is 140 Å². The molecule has 2 rings (SSSR count). The van der Waals surface area contributed by atoms with Gasteiger partial charge in [0.25, 0.3) is 0 Å². The summed E-state index contributed by atoms with van der Waals surface area (Å²) in [4.78, 5) is 24.0. The van der Waals surface area contributed by atoms with Crippen molar-refractivity contribution in [2.75, 3.05) is 12.9 Å². The summed E-state index contributed by atoms with van der Waals surface area (Å²) in [6, 6.07) is -0.139. The van der Waals surface area contributed by atoms with Crippen LogP contribution in [0.4, 0.5) is 0 Å². The van der Waals surface area contributed by atoms with Crippen LogP contribution < -0.4 is 5.32 Å². The van der Waals surface area contributed by atoms with Crippen molar-refractivity contribution >= 4 is 23.6 Å². The van der Waals surface area contributed by atoms with Crippen LogP contribution in [0.2, 0.25) is 0 Å². The molecule has 1 aromatic rings. The molecule has 0 aliphatic heterocycles. The zero-order valence-electron chi connectivity index (χ0n) is 14.0. The summed E-state index contributed by atoms with van der Waals surface area (Å²) in [7, 11) is 1.33. The summed E-state index contributed by atoms with van der Waals surface area (Å²) in [5, 5.41) is 11.8. The first kappa shape index (κ1) is 17.8. The van der Waals surface area contributed by atoms with Crippen molar-refractivity contribution in [3.05, 3.63) is 5.82 Å². The third-order valence-corrected chi connectivity index (χ3v) is 5.01. The van der Waals surface area contributed by atoms with Gasteiger partial charge < -0.3 is 14.6 Å². The van der Waals surface area contributed by atoms with Gasteiger partial charge in [0, 0.05) is 6.04 Å². The number of aryl methyl sites for hydroxylation is 1. The quantitative estimate of drug-likeness (QED) is 0.573. The maximum atomic E-state index is 12.2. The maximum absolute atomic E-state index is 12.2. The van der Waals surface area contributed by atoms with Crippen LogP contribution in [0.5, 0.6) is 0 Å². The molecule has 128 valence electrons. The minimum absolute atomic E-state index is 0.0220. The summed E-state index contributed by atoms with van der Waals surface area (Å²) < 4.78 is 6.86. The Bertz CT molecular complexity index is 571. The predicted octanol–water partition coefficient (Wildman–Crippen LogP) is 1.72. The average molecular weight is 340 g/mol. The van der Waals surface area contributed by atoms with E-state index in [2.05, 4.69) is 20.1 Å². The molecule has 1 aliphatic carbocycles. The molecule has 1 aromatic heterocycles. The molecule has 0 unspecified atom stereocenters. The molecule has 0 bridgehead atoms. The van der Waals surface area contributed by atoms with E-state index < -0.39 is 12.0 Å². The molecule has 0 spiro atoms. The molecule has 1 heterocycles. The van der Waals surface area contributed by atoms with Gasteiger partial charge in [-0.15, -0.1) is 10.2 Å². The van der Waals surface area contributed by atoms with E-state index in [1.165, 1.54) is 18.9 Å². The Hall–Kier alpha value is -1.57. The fraction of sp³-hybridized carbons (Fsp3) is 0.733. The molecule has 1 amide bonds. The molecular weight excluding hydrogens is 316 g/mol. The maximum Gasteiger partial charge on any atom is 0.328 e. The number of nitrogens with one attached hydrogen (secondary N) is 1. The van der Waals surface area contributed by atoms with E-state index in [9.17, 15) is 9.59 Å². The summed E-state index contributed by atoms with van der Waals surface area (Å²) in [6.07, 6.45) is 3.05. The van der Waals surface area contributed by atoms with Crippen LogP contribution in [0.3, 0.4) is 0 Å². The summed E-state index contributed by atoms with van der Waals surface area (Å²) in [5.41, 5.74) is 0. The van der Waals surface area contributed by atoms with Crippen molar-refractivity contribution in [2.45, 2.75) is 57.3 Å². The highest BCUT2D eigenvalue weighted by Crippen LogP contribution is 2.38. The molecular formula is C15H24N4O3S. The largest absolute Gasteiger partial charge is 0.467 e. The highest BCUT2D eigenvalue weighted by molar-refractivity contribution is 7.99. The van der Waals surface area contributed by atoms with Gasteiger partial charge in [0.1, 0.15) is 11.9 Å². The Balaban J connectivity index is 1.92. The molecule has 0 saturated heterocycles. The first-order chi connectivity index (χ1) is 11.0. The second-order valence-corrected chi connectivity index (χ2v) is 6.82. The summed E-state index contributed by atoms with van der Waals surface area (Å²) in [6.45, 7) is 5.82. The van der Waals surface area contributed by atoms with E-state index in [1.54, 1.807) is 0 Å². The van der Waals surface area contributed by atoms with E-state index in [0.717, 1.165) is 30.2 Å². The van der Waals surface area contributed by atoms with Crippen LogP contribution in [0.15, 0.2) is 5.16 Å². The van der Waals surface area contributed by atoms with Crippen LogP contribution in [0, 0.1) is 12.8 Å². The van der Waals surface area contributed by atoms with Crippen LogP contribution in [0.25, 0.3) is 0 Å². The van der Waals surface area contributed by atoms with Crippen molar-refractivity contribution < 1.29 is 14.3 Å². The van der Waals surface area contributed by atoms with Gasteiger partial charge in [0.2, 0.25) is 5.91 Å². The lowest BCUT2D eigenvalue weighted by atomic mass is 9.99. The third kappa shape index (κ3) is 4.46. The number of aromatic nitrogens is 3. The van der Waals surface area contributed by atoms with E-state index in [1.807, 2.05) is 20.8 Å². The normalized spacial score (nSPS) is 16.7. The number of hydrogen-bond acceptors (Lipinski definition) is 6. The SMILES string of the molecule is CC[C@@H](C)[C@H](NC(=O)CSc1nnc(C)n1C1CC1)C(=O)OC. The van der Waals surface area contributed by atoms with Gasteiger partial charge in [-0.3, -0.25) is 4.79 Å². The molecule has 0 radical (unpaired) electrons. The van der Waals surface area contributed by atoms with E-state index in [-0.39, 0.29) is 17.6 Å². The highest BCUT2D eigenvalue weighted by Gasteiger charge is 2.29. The van der Waals surface area contributed by atoms with Crippen molar-refractivity contribution in [2.24, 2.45) is 5.92 Å². The van der Waals surface area contributed by atoms with Crippen LogP contribution in [-0.4, -0.2) is 45.5 Å². The van der Waals surface area contributed by atoms with Crippen LogP contribution in [0.1, 0.15) is 45.0 Å². The fourth-order valence-corrected chi connectivity index (χ4v) is 3.21. The number of carbonyl (C=O) groups is 2. The number of hydrogen-bond donors (Lipinski definition) is 1. The van der Waals surface area contributed by atoms with Gasteiger partial charge in [0.05, 0.1) is 12.9 Å². The first-order valence-electron chi connectivity index (χ1n) is 7.89. The number of thioether (sulfide) groups is 1. The highest BCUT2D eigenvalue weighted by atomic mass is 32.2. The Morgan fingerprint density at radius 1 is 1.43 bits per heavy atom. The molecule has 23 heavy (non-hydrogen) atoms. The number of ether oxygens (including phenoxy) is 1. The Morgan fingerprint density at radius 3 is 2.70 bits per heavy atom. The molecule has 1 fully saturated rings. The van der Waals surface area contributed by atoms with Crippen molar-refractivity contribution in [1.29, 1.82) is 0 Å². The van der Waals surface area contributed by atoms with Crippen molar-refractivity contribution in [3.63, 3.8) is 0 Å². The minimum atomic E-state index is -0.610. The lowest BCUT2D eigenvalue weighted by molar-refractivity contribution is -0.146. The minimum Gasteiger partial charge on any atom is -0.467 e. The monoisotopic (exact) mass is 340 g/mol. The Morgan fingerprint density at radius 2 is 2.13 bits per heavy atom. The third-order valence-electron chi connectivity index (χ3n) is 4.06. The number of rotatable bonds is 8. The number of esters is 1. The first-order valence-corrected chi connectivity index (χ1v) is 8.88. The second-order valence-electron chi connectivity index (χ2n) is 5.87. The predicted molar refractivity (Wildman–Crippen MR) is 87.2 cm³/mol. The summed E-state index contributed by atoms with van der Waals surface area (Å²) >= 11 is 1.35. The fourth-order valence-electron chi connectivity index (χ4n) is 2.34. The number of nitrogens with zero attached hydrogens (tertiary/aromatic N) is 3. The average Bonchev–Trinajstić information content (AvgIpc) is 3.32. The number of methoxy groups -OCH3 is 1. The van der Waals surface area contributed by atoms with Crippen molar-refractivity contribution in [3.8, 4) is 0 Å². The van der Waals surface area contributed by atoms with Crippen LogP contribution in [-0.2, 0) is 14.3 Å². The lowest BCUT2D eigenvalue weighted by Gasteiger charge is -2.21. The summed E-state index contributed by atoms with van der Waals surface area (Å²) in [5.74, 6) is 0.494. The molecule has 2 atom stereocenters. The van der Waals surface area contributed by atoms with Gasteiger partial charge in [-0.2, -0.15) is 0 Å². The number of amides is 1. The van der Waals surface area contributed by atoms with Gasteiger partial charge in [-0.05, 0) is 25.7 Å². The van der Waals surface area contributed by atoms with Gasteiger partial charge in [0.15, 0.2) is 5.16 Å². The topological polar surface area (TPSA) is 86.1 Å². The molecule has 1 aliphatic rings. The van der Waals surface area contributed by atoms with Gasteiger partial charge in [-0.25, -0.2) is 4.79 Å². The van der Waals surface area contributed by atoms with Gasteiger partial charge in [-0.1, -0.05) is 32.0 Å². The smallest absolute Gasteiger partial charge is 0.328 e. The zero-order chi connectivity index (χ0) is 17.0. The van der Waals surface area contributed by atoms with E-state index in [4.69, 9.17) is 4.74 Å². The molecule has 1 saturated carbocycles. The second kappa shape index (κ2) is 7.81. The standard InChI is InChI=1S/C15H24N4O3S/c1-5-9(2)13(14(21)22-4)16-12(20)8-23-15-18-17-10(3)19(15)11-6-7-11/h9,11,13H,5-8H2,1-4H3,(H,16,20)/t9-,13+/m1/s1. The van der Waals surface area contributed by atoms with Crippen LogP contribution >= 0.6 is 11.8 Å². The Kier molecular flexibility index (Phi) is 6.04. The molecule has 0 aromatic carbocycles. The number of carbonyl (C=O) groups excluding carboxylic acids is 2. The molecule has 7 nitrogen and oxygen atoms in total.